The zero-order valence-electron chi connectivity index (χ0n) is 11.1. The van der Waals surface area contributed by atoms with Gasteiger partial charge in [0.2, 0.25) is 5.91 Å². The predicted octanol–water partition coefficient (Wildman–Crippen LogP) is 3.16. The standard InChI is InChI=1S/C15H21NO2/c1-3-8-12(9-4-2)14(17)16-15(18)13-10-6-5-7-11-13/h5-7,10-12H,3-4,8-9H2,1-2H3,(H,16,17,18). The minimum Gasteiger partial charge on any atom is -0.292 e. The normalized spacial score (nSPS) is 10.4. The zero-order valence-corrected chi connectivity index (χ0v) is 11.1. The molecule has 0 bridgehead atoms. The summed E-state index contributed by atoms with van der Waals surface area (Å²) in [6.45, 7) is 4.10. The average molecular weight is 247 g/mol. The van der Waals surface area contributed by atoms with Crippen molar-refractivity contribution in [2.75, 3.05) is 0 Å². The van der Waals surface area contributed by atoms with Crippen LogP contribution in [0.4, 0.5) is 0 Å². The van der Waals surface area contributed by atoms with Crippen LogP contribution >= 0.6 is 0 Å². The van der Waals surface area contributed by atoms with E-state index in [1.165, 1.54) is 0 Å². The van der Waals surface area contributed by atoms with Crippen molar-refractivity contribution in [1.82, 2.24) is 5.32 Å². The van der Waals surface area contributed by atoms with Crippen LogP contribution in [0.15, 0.2) is 30.3 Å². The van der Waals surface area contributed by atoms with Gasteiger partial charge < -0.3 is 0 Å². The average Bonchev–Trinajstić information content (AvgIpc) is 2.39. The monoisotopic (exact) mass is 247 g/mol. The third kappa shape index (κ3) is 4.32. The van der Waals surface area contributed by atoms with Crippen LogP contribution in [0.25, 0.3) is 0 Å². The highest BCUT2D eigenvalue weighted by Gasteiger charge is 2.19. The Kier molecular flexibility index (Phi) is 6.12. The minimum absolute atomic E-state index is 0.0485. The molecule has 1 N–H and O–H groups in total. The molecule has 0 heterocycles. The van der Waals surface area contributed by atoms with Crippen LogP contribution in [-0.2, 0) is 4.79 Å². The topological polar surface area (TPSA) is 46.2 Å². The number of amides is 2. The van der Waals surface area contributed by atoms with Crippen molar-refractivity contribution in [3.05, 3.63) is 35.9 Å². The second-order valence-electron chi connectivity index (χ2n) is 4.46. The molecule has 0 aliphatic rings. The lowest BCUT2D eigenvalue weighted by molar-refractivity contribution is -0.124. The Balaban J connectivity index is 2.60. The summed E-state index contributed by atoms with van der Waals surface area (Å²) >= 11 is 0. The second-order valence-corrected chi connectivity index (χ2v) is 4.46. The molecule has 0 atom stereocenters. The predicted molar refractivity (Wildman–Crippen MR) is 72.2 cm³/mol. The molecule has 0 aliphatic carbocycles. The number of carbonyl (C=O) groups is 2. The van der Waals surface area contributed by atoms with Crippen LogP contribution in [0.2, 0.25) is 0 Å². The Bertz CT molecular complexity index is 381. The van der Waals surface area contributed by atoms with E-state index < -0.39 is 0 Å². The van der Waals surface area contributed by atoms with Crippen molar-refractivity contribution >= 4 is 11.8 Å². The van der Waals surface area contributed by atoms with Gasteiger partial charge in [-0.1, -0.05) is 44.9 Å². The van der Waals surface area contributed by atoms with E-state index in [-0.39, 0.29) is 17.7 Å². The fourth-order valence-corrected chi connectivity index (χ4v) is 1.98. The molecule has 98 valence electrons. The lowest BCUT2D eigenvalue weighted by Crippen LogP contribution is -2.35. The zero-order chi connectivity index (χ0) is 13.4. The van der Waals surface area contributed by atoms with E-state index in [0.717, 1.165) is 25.7 Å². The highest BCUT2D eigenvalue weighted by atomic mass is 16.2. The van der Waals surface area contributed by atoms with Crippen molar-refractivity contribution in [3.63, 3.8) is 0 Å². The summed E-state index contributed by atoms with van der Waals surface area (Å²) < 4.78 is 0. The molecule has 18 heavy (non-hydrogen) atoms. The summed E-state index contributed by atoms with van der Waals surface area (Å²) in [4.78, 5) is 23.8. The third-order valence-corrected chi connectivity index (χ3v) is 2.92. The van der Waals surface area contributed by atoms with Crippen LogP contribution < -0.4 is 5.32 Å². The molecule has 1 aromatic rings. The molecule has 0 aliphatic heterocycles. The number of imide groups is 1. The van der Waals surface area contributed by atoms with E-state index in [0.29, 0.717) is 5.56 Å². The van der Waals surface area contributed by atoms with E-state index in [2.05, 4.69) is 19.2 Å². The van der Waals surface area contributed by atoms with E-state index in [1.54, 1.807) is 24.3 Å². The van der Waals surface area contributed by atoms with Gasteiger partial charge in [-0.3, -0.25) is 14.9 Å². The smallest absolute Gasteiger partial charge is 0.257 e. The molecule has 0 saturated heterocycles. The molecule has 1 aromatic carbocycles. The van der Waals surface area contributed by atoms with Gasteiger partial charge in [0, 0.05) is 11.5 Å². The molecule has 2 amide bonds. The van der Waals surface area contributed by atoms with Crippen molar-refractivity contribution in [2.45, 2.75) is 39.5 Å². The molecule has 1 rings (SSSR count). The van der Waals surface area contributed by atoms with Crippen molar-refractivity contribution in [1.29, 1.82) is 0 Å². The third-order valence-electron chi connectivity index (χ3n) is 2.92. The summed E-state index contributed by atoms with van der Waals surface area (Å²) in [6, 6.07) is 8.83. The number of benzene rings is 1. The van der Waals surface area contributed by atoms with Crippen molar-refractivity contribution in [3.8, 4) is 0 Å². The number of carbonyl (C=O) groups excluding carboxylic acids is 2. The summed E-state index contributed by atoms with van der Waals surface area (Å²) in [7, 11) is 0. The summed E-state index contributed by atoms with van der Waals surface area (Å²) in [5, 5.41) is 2.49. The fraction of sp³-hybridized carbons (Fsp3) is 0.467. The Morgan fingerprint density at radius 2 is 1.61 bits per heavy atom. The van der Waals surface area contributed by atoms with Crippen LogP contribution in [0.3, 0.4) is 0 Å². The lowest BCUT2D eigenvalue weighted by Gasteiger charge is -2.14. The van der Waals surface area contributed by atoms with Gasteiger partial charge in [0.25, 0.3) is 5.91 Å². The quantitative estimate of drug-likeness (QED) is 0.839. The minimum atomic E-state index is -0.308. The number of nitrogens with one attached hydrogen (secondary N) is 1. The van der Waals surface area contributed by atoms with Crippen LogP contribution in [0.5, 0.6) is 0 Å². The van der Waals surface area contributed by atoms with E-state index in [4.69, 9.17) is 0 Å². The first-order chi connectivity index (χ1) is 8.69. The van der Waals surface area contributed by atoms with Crippen molar-refractivity contribution < 1.29 is 9.59 Å². The summed E-state index contributed by atoms with van der Waals surface area (Å²) in [6.07, 6.45) is 3.58. The first-order valence-corrected chi connectivity index (χ1v) is 6.59. The fourth-order valence-electron chi connectivity index (χ4n) is 1.98. The molecular formula is C15H21NO2. The maximum Gasteiger partial charge on any atom is 0.257 e. The Hall–Kier alpha value is -1.64. The van der Waals surface area contributed by atoms with Crippen LogP contribution in [-0.4, -0.2) is 11.8 Å². The molecule has 0 saturated carbocycles. The maximum absolute atomic E-state index is 12.0. The Morgan fingerprint density at radius 1 is 1.06 bits per heavy atom. The second kappa shape index (κ2) is 7.64. The number of hydrogen-bond acceptors (Lipinski definition) is 2. The van der Waals surface area contributed by atoms with Gasteiger partial charge in [0.1, 0.15) is 0 Å². The van der Waals surface area contributed by atoms with Crippen molar-refractivity contribution in [2.24, 2.45) is 5.92 Å². The Morgan fingerprint density at radius 3 is 2.11 bits per heavy atom. The lowest BCUT2D eigenvalue weighted by atomic mass is 9.97. The van der Waals surface area contributed by atoms with Gasteiger partial charge in [-0.05, 0) is 25.0 Å². The molecule has 3 heteroatoms. The SMILES string of the molecule is CCCC(CCC)C(=O)NC(=O)c1ccccc1. The Labute approximate surface area is 109 Å². The largest absolute Gasteiger partial charge is 0.292 e. The van der Waals surface area contributed by atoms with Gasteiger partial charge in [-0.2, -0.15) is 0 Å². The van der Waals surface area contributed by atoms with Gasteiger partial charge >= 0.3 is 0 Å². The number of rotatable bonds is 6. The number of hydrogen-bond donors (Lipinski definition) is 1. The summed E-state index contributed by atoms with van der Waals surface area (Å²) in [5.41, 5.74) is 0.526. The van der Waals surface area contributed by atoms with Gasteiger partial charge in [0.05, 0.1) is 0 Å². The van der Waals surface area contributed by atoms with Crippen LogP contribution in [0, 0.1) is 5.92 Å². The highest BCUT2D eigenvalue weighted by Crippen LogP contribution is 2.13. The molecule has 0 fully saturated rings. The van der Waals surface area contributed by atoms with E-state index in [9.17, 15) is 9.59 Å². The van der Waals surface area contributed by atoms with Crippen LogP contribution in [0.1, 0.15) is 49.9 Å². The molecule has 0 radical (unpaired) electrons. The first-order valence-electron chi connectivity index (χ1n) is 6.59. The molecule has 0 aromatic heterocycles. The molecule has 0 spiro atoms. The van der Waals surface area contributed by atoms with Gasteiger partial charge in [0.15, 0.2) is 0 Å². The molecule has 3 nitrogen and oxygen atoms in total. The van der Waals surface area contributed by atoms with Gasteiger partial charge in [-0.25, -0.2) is 0 Å². The summed E-state index contributed by atoms with van der Waals surface area (Å²) in [5.74, 6) is -0.502. The first kappa shape index (κ1) is 14.4. The maximum atomic E-state index is 12.0. The molecular weight excluding hydrogens is 226 g/mol. The van der Waals surface area contributed by atoms with E-state index in [1.807, 2.05) is 6.07 Å². The molecule has 0 unspecified atom stereocenters. The van der Waals surface area contributed by atoms with E-state index >= 15 is 0 Å². The van der Waals surface area contributed by atoms with Gasteiger partial charge in [-0.15, -0.1) is 0 Å². The highest BCUT2D eigenvalue weighted by molar-refractivity contribution is 6.05.